The molecule has 1 aliphatic rings. The summed E-state index contributed by atoms with van der Waals surface area (Å²) in [5.41, 5.74) is 0.298. The molecule has 1 rings (SSSR count). The zero-order valence-corrected chi connectivity index (χ0v) is 13.0. The summed E-state index contributed by atoms with van der Waals surface area (Å²) < 4.78 is 0. The molecular weight excluding hydrogens is 250 g/mol. The van der Waals surface area contributed by atoms with E-state index in [2.05, 4.69) is 38.0 Å². The highest BCUT2D eigenvalue weighted by atomic mass is 35.5. The van der Waals surface area contributed by atoms with Crippen molar-refractivity contribution in [3.8, 4) is 0 Å². The lowest BCUT2D eigenvalue weighted by molar-refractivity contribution is -0.132. The van der Waals surface area contributed by atoms with Gasteiger partial charge in [0.1, 0.15) is 0 Å². The maximum Gasteiger partial charge on any atom is 0.223 e. The molecular formula is C13H28ClN3O. The van der Waals surface area contributed by atoms with E-state index in [1.807, 2.05) is 4.90 Å². The number of piperazine rings is 1. The second kappa shape index (κ2) is 7.97. The van der Waals surface area contributed by atoms with Crippen molar-refractivity contribution in [2.24, 2.45) is 5.41 Å². The second-order valence-electron chi connectivity index (χ2n) is 6.18. The lowest BCUT2D eigenvalue weighted by Crippen LogP contribution is -2.47. The molecule has 0 aromatic rings. The first-order valence-electron chi connectivity index (χ1n) is 6.55. The van der Waals surface area contributed by atoms with E-state index in [9.17, 15) is 4.79 Å². The Morgan fingerprint density at radius 2 is 1.83 bits per heavy atom. The Bertz CT molecular complexity index is 247. The molecule has 0 radical (unpaired) electrons. The van der Waals surface area contributed by atoms with Gasteiger partial charge in [-0.1, -0.05) is 20.8 Å². The molecule has 1 N–H and O–H groups in total. The molecule has 0 bridgehead atoms. The molecule has 0 aromatic heterocycles. The molecule has 1 saturated heterocycles. The summed E-state index contributed by atoms with van der Waals surface area (Å²) in [7, 11) is 2.09. The highest BCUT2D eigenvalue weighted by molar-refractivity contribution is 5.85. The molecule has 0 aliphatic carbocycles. The van der Waals surface area contributed by atoms with E-state index in [0.29, 0.717) is 17.7 Å². The second-order valence-corrected chi connectivity index (χ2v) is 6.18. The summed E-state index contributed by atoms with van der Waals surface area (Å²) in [5, 5.41) is 3.26. The maximum atomic E-state index is 11.9. The van der Waals surface area contributed by atoms with Gasteiger partial charge in [-0.05, 0) is 12.5 Å². The highest BCUT2D eigenvalue weighted by Gasteiger charge is 2.18. The summed E-state index contributed by atoms with van der Waals surface area (Å²) in [4.78, 5) is 16.2. The van der Waals surface area contributed by atoms with Crippen LogP contribution in [0.1, 0.15) is 27.2 Å². The van der Waals surface area contributed by atoms with Gasteiger partial charge in [-0.15, -0.1) is 12.4 Å². The smallest absolute Gasteiger partial charge is 0.223 e. The van der Waals surface area contributed by atoms with Gasteiger partial charge in [-0.2, -0.15) is 0 Å². The van der Waals surface area contributed by atoms with Crippen molar-refractivity contribution in [1.29, 1.82) is 0 Å². The first-order chi connectivity index (χ1) is 7.88. The van der Waals surface area contributed by atoms with Crippen LogP contribution >= 0.6 is 12.4 Å². The van der Waals surface area contributed by atoms with Gasteiger partial charge in [0.2, 0.25) is 5.91 Å². The van der Waals surface area contributed by atoms with E-state index in [1.54, 1.807) is 0 Å². The van der Waals surface area contributed by atoms with E-state index in [1.165, 1.54) is 0 Å². The molecule has 0 saturated carbocycles. The average Bonchev–Trinajstić information content (AvgIpc) is 2.25. The van der Waals surface area contributed by atoms with Crippen LogP contribution in [0.15, 0.2) is 0 Å². The lowest BCUT2D eigenvalue weighted by Gasteiger charge is -2.29. The number of rotatable bonds is 4. The molecule has 1 fully saturated rings. The van der Waals surface area contributed by atoms with Crippen LogP contribution in [-0.4, -0.2) is 62.0 Å². The number of nitrogens with zero attached hydrogens (tertiary/aromatic N) is 2. The number of amides is 1. The Balaban J connectivity index is 0.00000289. The minimum atomic E-state index is 0. The van der Waals surface area contributed by atoms with Crippen molar-refractivity contribution >= 4 is 18.3 Å². The van der Waals surface area contributed by atoms with Crippen LogP contribution in [0.3, 0.4) is 0 Å². The summed E-state index contributed by atoms with van der Waals surface area (Å²) >= 11 is 0. The van der Waals surface area contributed by atoms with Crippen molar-refractivity contribution in [3.05, 3.63) is 0 Å². The number of carbonyl (C=O) groups is 1. The molecule has 108 valence electrons. The SMILES string of the molecule is CN(CCC(=O)N1CCNCC1)CC(C)(C)C.Cl. The summed E-state index contributed by atoms with van der Waals surface area (Å²) in [5.74, 6) is 0.298. The zero-order valence-electron chi connectivity index (χ0n) is 12.2. The van der Waals surface area contributed by atoms with E-state index >= 15 is 0 Å². The number of halogens is 1. The molecule has 1 aliphatic heterocycles. The van der Waals surface area contributed by atoms with Crippen LogP contribution in [0, 0.1) is 5.41 Å². The summed E-state index contributed by atoms with van der Waals surface area (Å²) in [6.45, 7) is 12.2. The number of hydrogen-bond acceptors (Lipinski definition) is 3. The first-order valence-corrected chi connectivity index (χ1v) is 6.55. The predicted octanol–water partition coefficient (Wildman–Crippen LogP) is 1.21. The van der Waals surface area contributed by atoms with Gasteiger partial charge in [0.15, 0.2) is 0 Å². The van der Waals surface area contributed by atoms with Crippen LogP contribution < -0.4 is 5.32 Å². The monoisotopic (exact) mass is 277 g/mol. The minimum absolute atomic E-state index is 0. The van der Waals surface area contributed by atoms with Gasteiger partial charge in [-0.3, -0.25) is 4.79 Å². The fourth-order valence-corrected chi connectivity index (χ4v) is 2.25. The average molecular weight is 278 g/mol. The third-order valence-electron chi connectivity index (χ3n) is 2.92. The Labute approximate surface area is 117 Å². The molecule has 18 heavy (non-hydrogen) atoms. The lowest BCUT2D eigenvalue weighted by atomic mass is 9.96. The van der Waals surface area contributed by atoms with Gasteiger partial charge >= 0.3 is 0 Å². The van der Waals surface area contributed by atoms with Gasteiger partial charge in [-0.25, -0.2) is 0 Å². The molecule has 0 spiro atoms. The van der Waals surface area contributed by atoms with E-state index in [4.69, 9.17) is 0 Å². The minimum Gasteiger partial charge on any atom is -0.340 e. The third-order valence-corrected chi connectivity index (χ3v) is 2.92. The van der Waals surface area contributed by atoms with Gasteiger partial charge in [0.05, 0.1) is 0 Å². The Hall–Kier alpha value is -0.320. The van der Waals surface area contributed by atoms with Crippen molar-refractivity contribution in [3.63, 3.8) is 0 Å². The molecule has 0 atom stereocenters. The summed E-state index contributed by atoms with van der Waals surface area (Å²) in [6, 6.07) is 0. The van der Waals surface area contributed by atoms with E-state index < -0.39 is 0 Å². The quantitative estimate of drug-likeness (QED) is 0.839. The molecule has 5 heteroatoms. The van der Waals surface area contributed by atoms with Gasteiger partial charge < -0.3 is 15.1 Å². The zero-order chi connectivity index (χ0) is 12.9. The van der Waals surface area contributed by atoms with Crippen LogP contribution in [0.5, 0.6) is 0 Å². The van der Waals surface area contributed by atoms with Crippen LogP contribution in [0.25, 0.3) is 0 Å². The first kappa shape index (κ1) is 17.7. The fraction of sp³-hybridized carbons (Fsp3) is 0.923. The number of carbonyl (C=O) groups excluding carboxylic acids is 1. The standard InChI is InChI=1S/C13H27N3O.ClH/c1-13(2,3)11-15(4)8-5-12(17)16-9-6-14-7-10-16;/h14H,5-11H2,1-4H3;1H. The number of nitrogens with one attached hydrogen (secondary N) is 1. The van der Waals surface area contributed by atoms with Gasteiger partial charge in [0.25, 0.3) is 0 Å². The summed E-state index contributed by atoms with van der Waals surface area (Å²) in [6.07, 6.45) is 0.645. The Morgan fingerprint density at radius 1 is 1.28 bits per heavy atom. The molecule has 0 aromatic carbocycles. The third kappa shape index (κ3) is 7.19. The van der Waals surface area contributed by atoms with Crippen molar-refractivity contribution in [2.75, 3.05) is 46.3 Å². The van der Waals surface area contributed by atoms with Crippen LogP contribution in [-0.2, 0) is 4.79 Å². The van der Waals surface area contributed by atoms with E-state index in [-0.39, 0.29) is 12.4 Å². The van der Waals surface area contributed by atoms with Crippen LogP contribution in [0.2, 0.25) is 0 Å². The highest BCUT2D eigenvalue weighted by Crippen LogP contribution is 2.14. The Kier molecular flexibility index (Phi) is 7.83. The van der Waals surface area contributed by atoms with Crippen molar-refractivity contribution < 1.29 is 4.79 Å². The predicted molar refractivity (Wildman–Crippen MR) is 78.3 cm³/mol. The van der Waals surface area contributed by atoms with Crippen molar-refractivity contribution in [1.82, 2.24) is 15.1 Å². The number of hydrogen-bond donors (Lipinski definition) is 1. The molecule has 0 unspecified atom stereocenters. The topological polar surface area (TPSA) is 35.6 Å². The molecule has 1 amide bonds. The molecule has 1 heterocycles. The molecule has 4 nitrogen and oxygen atoms in total. The van der Waals surface area contributed by atoms with Crippen LogP contribution in [0.4, 0.5) is 0 Å². The maximum absolute atomic E-state index is 11.9. The largest absolute Gasteiger partial charge is 0.340 e. The normalized spacial score (nSPS) is 16.6. The van der Waals surface area contributed by atoms with E-state index in [0.717, 1.165) is 39.3 Å². The fourth-order valence-electron chi connectivity index (χ4n) is 2.25. The Morgan fingerprint density at radius 3 is 2.33 bits per heavy atom. The van der Waals surface area contributed by atoms with Gasteiger partial charge in [0, 0.05) is 45.7 Å². The van der Waals surface area contributed by atoms with Crippen molar-refractivity contribution in [2.45, 2.75) is 27.2 Å².